The summed E-state index contributed by atoms with van der Waals surface area (Å²) >= 11 is 0. The Morgan fingerprint density at radius 1 is 1.53 bits per heavy atom. The molecule has 0 unspecified atom stereocenters. The lowest BCUT2D eigenvalue weighted by molar-refractivity contribution is 0.120. The van der Waals surface area contributed by atoms with Gasteiger partial charge >= 0.3 is 0 Å². The molecule has 1 aliphatic rings. The predicted octanol–water partition coefficient (Wildman–Crippen LogP) is 2.37. The van der Waals surface area contributed by atoms with Gasteiger partial charge in [0.15, 0.2) is 0 Å². The van der Waals surface area contributed by atoms with Gasteiger partial charge in [0.2, 0.25) is 5.95 Å². The quantitative estimate of drug-likeness (QED) is 0.883. The minimum atomic E-state index is 0.292. The van der Waals surface area contributed by atoms with Gasteiger partial charge in [0.05, 0.1) is 11.8 Å². The number of ether oxygens (including phenoxy) is 1. The second kappa shape index (κ2) is 5.40. The highest BCUT2D eigenvalue weighted by Gasteiger charge is 2.15. The van der Waals surface area contributed by atoms with E-state index in [1.165, 1.54) is 0 Å². The zero-order valence-corrected chi connectivity index (χ0v) is 11.0. The number of aromatic nitrogens is 3. The van der Waals surface area contributed by atoms with E-state index in [9.17, 15) is 0 Å². The van der Waals surface area contributed by atoms with Gasteiger partial charge < -0.3 is 15.0 Å². The number of aryl methyl sites for hydroxylation is 1. The van der Waals surface area contributed by atoms with Crippen LogP contribution in [-0.2, 0) is 4.74 Å². The Morgan fingerprint density at radius 2 is 2.47 bits per heavy atom. The van der Waals surface area contributed by atoms with E-state index in [1.54, 1.807) is 0 Å². The molecule has 0 saturated carbocycles. The molecule has 0 radical (unpaired) electrons. The van der Waals surface area contributed by atoms with Crippen molar-refractivity contribution in [1.82, 2.24) is 15.0 Å². The Hall–Kier alpha value is -1.88. The van der Waals surface area contributed by atoms with Crippen molar-refractivity contribution in [3.63, 3.8) is 0 Å². The maximum absolute atomic E-state index is 5.58. The summed E-state index contributed by atoms with van der Waals surface area (Å²) in [5, 5.41) is 3.26. The number of rotatable bonds is 4. The lowest BCUT2D eigenvalue weighted by Crippen LogP contribution is -2.19. The topological polar surface area (TPSA) is 62.8 Å². The summed E-state index contributed by atoms with van der Waals surface area (Å²) in [7, 11) is 0. The third-order valence-corrected chi connectivity index (χ3v) is 3.35. The second-order valence-electron chi connectivity index (χ2n) is 4.84. The Kier molecular flexibility index (Phi) is 3.46. The predicted molar refractivity (Wildman–Crippen MR) is 74.0 cm³/mol. The number of hydrogen-bond acceptors (Lipinski definition) is 4. The van der Waals surface area contributed by atoms with Crippen molar-refractivity contribution >= 4 is 5.95 Å². The second-order valence-corrected chi connectivity index (χ2v) is 4.84. The molecule has 1 atom stereocenters. The van der Waals surface area contributed by atoms with Crippen molar-refractivity contribution in [2.24, 2.45) is 0 Å². The van der Waals surface area contributed by atoms with Gasteiger partial charge in [0.1, 0.15) is 0 Å². The minimum absolute atomic E-state index is 0.292. The van der Waals surface area contributed by atoms with Crippen LogP contribution in [-0.4, -0.2) is 34.2 Å². The van der Waals surface area contributed by atoms with Gasteiger partial charge in [-0.3, -0.25) is 0 Å². The zero-order valence-electron chi connectivity index (χ0n) is 11.0. The highest BCUT2D eigenvalue weighted by molar-refractivity contribution is 5.62. The van der Waals surface area contributed by atoms with Gasteiger partial charge in [0.25, 0.3) is 0 Å². The maximum Gasteiger partial charge on any atom is 0.223 e. The van der Waals surface area contributed by atoms with Crippen molar-refractivity contribution in [3.05, 3.63) is 30.2 Å². The molecule has 100 valence electrons. The molecule has 0 spiro atoms. The summed E-state index contributed by atoms with van der Waals surface area (Å²) in [4.78, 5) is 12.0. The molecule has 2 aromatic heterocycles. The maximum atomic E-state index is 5.58. The first kappa shape index (κ1) is 12.2. The van der Waals surface area contributed by atoms with Crippen LogP contribution < -0.4 is 5.32 Å². The Bertz CT molecular complexity index is 532. The third kappa shape index (κ3) is 2.76. The van der Waals surface area contributed by atoms with E-state index in [2.05, 4.69) is 20.3 Å². The lowest BCUT2D eigenvalue weighted by Gasteiger charge is -2.11. The fourth-order valence-corrected chi connectivity index (χ4v) is 2.30. The number of nitrogens with zero attached hydrogens (tertiary/aromatic N) is 2. The van der Waals surface area contributed by atoms with E-state index in [1.807, 2.05) is 31.6 Å². The Labute approximate surface area is 112 Å². The lowest BCUT2D eigenvalue weighted by atomic mass is 10.1. The van der Waals surface area contributed by atoms with Gasteiger partial charge in [-0.15, -0.1) is 0 Å². The number of anilines is 1. The number of H-pyrrole nitrogens is 1. The van der Waals surface area contributed by atoms with Crippen LogP contribution in [0.15, 0.2) is 24.7 Å². The molecule has 1 aliphatic heterocycles. The van der Waals surface area contributed by atoms with Crippen LogP contribution in [0.1, 0.15) is 18.4 Å². The van der Waals surface area contributed by atoms with Crippen LogP contribution in [0.4, 0.5) is 5.95 Å². The van der Waals surface area contributed by atoms with Gasteiger partial charge in [-0.2, -0.15) is 0 Å². The first-order valence-corrected chi connectivity index (χ1v) is 6.65. The monoisotopic (exact) mass is 258 g/mol. The molecule has 2 N–H and O–H groups in total. The molecule has 0 amide bonds. The van der Waals surface area contributed by atoms with E-state index >= 15 is 0 Å². The molecule has 19 heavy (non-hydrogen) atoms. The molecule has 5 heteroatoms. The highest BCUT2D eigenvalue weighted by Crippen LogP contribution is 2.21. The average molecular weight is 258 g/mol. The van der Waals surface area contributed by atoms with E-state index in [0.29, 0.717) is 12.1 Å². The normalized spacial score (nSPS) is 18.7. The van der Waals surface area contributed by atoms with Crippen molar-refractivity contribution < 1.29 is 4.74 Å². The summed E-state index contributed by atoms with van der Waals surface area (Å²) in [5.74, 6) is 0.664. The van der Waals surface area contributed by atoms with Crippen LogP contribution in [0, 0.1) is 6.92 Å². The number of aromatic amines is 1. The minimum Gasteiger partial charge on any atom is -0.376 e. The molecule has 2 aromatic rings. The van der Waals surface area contributed by atoms with E-state index in [4.69, 9.17) is 4.74 Å². The molecule has 0 bridgehead atoms. The summed E-state index contributed by atoms with van der Waals surface area (Å²) < 4.78 is 5.58. The molecule has 1 fully saturated rings. The first-order valence-electron chi connectivity index (χ1n) is 6.65. The summed E-state index contributed by atoms with van der Waals surface area (Å²) in [6, 6.07) is 2.01. The standard InChI is InChI=1S/C14H18N4O/c1-10-7-16-14(17-9-12-3-2-6-19-12)18-13(10)11-4-5-15-8-11/h4-5,7-8,12,15H,2-3,6,9H2,1H3,(H,16,17,18)/t12-/m1/s1. The van der Waals surface area contributed by atoms with Crippen LogP contribution in [0.5, 0.6) is 0 Å². The average Bonchev–Trinajstić information content (AvgIpc) is 3.11. The van der Waals surface area contributed by atoms with Crippen molar-refractivity contribution in [1.29, 1.82) is 0 Å². The van der Waals surface area contributed by atoms with Crippen molar-refractivity contribution in [2.75, 3.05) is 18.5 Å². The van der Waals surface area contributed by atoms with Gasteiger partial charge in [-0.25, -0.2) is 9.97 Å². The van der Waals surface area contributed by atoms with Gasteiger partial charge in [0, 0.05) is 37.3 Å². The number of hydrogen-bond donors (Lipinski definition) is 2. The van der Waals surface area contributed by atoms with E-state index in [-0.39, 0.29) is 0 Å². The summed E-state index contributed by atoms with van der Waals surface area (Å²) in [6.45, 7) is 3.66. The van der Waals surface area contributed by atoms with E-state index < -0.39 is 0 Å². The molecule has 5 nitrogen and oxygen atoms in total. The van der Waals surface area contributed by atoms with Gasteiger partial charge in [-0.05, 0) is 31.4 Å². The largest absolute Gasteiger partial charge is 0.376 e. The summed E-state index contributed by atoms with van der Waals surface area (Å²) in [6.07, 6.45) is 8.25. The molecule has 0 aliphatic carbocycles. The molecular formula is C14H18N4O. The van der Waals surface area contributed by atoms with E-state index in [0.717, 1.165) is 42.8 Å². The van der Waals surface area contributed by atoms with Crippen molar-refractivity contribution in [3.8, 4) is 11.3 Å². The van der Waals surface area contributed by atoms with Crippen LogP contribution in [0.25, 0.3) is 11.3 Å². The first-order chi connectivity index (χ1) is 9.33. The molecule has 3 heterocycles. The van der Waals surface area contributed by atoms with Crippen LogP contribution >= 0.6 is 0 Å². The fraction of sp³-hybridized carbons (Fsp3) is 0.429. The fourth-order valence-electron chi connectivity index (χ4n) is 2.30. The SMILES string of the molecule is Cc1cnc(NC[C@H]2CCCO2)nc1-c1cc[nH]c1. The Balaban J connectivity index is 1.73. The molecule has 1 saturated heterocycles. The molecule has 3 rings (SSSR count). The van der Waals surface area contributed by atoms with Crippen molar-refractivity contribution in [2.45, 2.75) is 25.9 Å². The van der Waals surface area contributed by atoms with Crippen LogP contribution in [0.3, 0.4) is 0 Å². The molecular weight excluding hydrogens is 240 g/mol. The third-order valence-electron chi connectivity index (χ3n) is 3.35. The van der Waals surface area contributed by atoms with Crippen LogP contribution in [0.2, 0.25) is 0 Å². The smallest absolute Gasteiger partial charge is 0.223 e. The summed E-state index contributed by atoms with van der Waals surface area (Å²) in [5.41, 5.74) is 3.12. The van der Waals surface area contributed by atoms with Gasteiger partial charge in [-0.1, -0.05) is 0 Å². The Morgan fingerprint density at radius 3 is 3.21 bits per heavy atom. The highest BCUT2D eigenvalue weighted by atomic mass is 16.5. The number of nitrogens with one attached hydrogen (secondary N) is 2. The zero-order chi connectivity index (χ0) is 13.1. The molecule has 0 aromatic carbocycles.